The molecule has 0 fully saturated rings. The molecular formula is C17H17NO3S. The Morgan fingerprint density at radius 1 is 1.23 bits per heavy atom. The quantitative estimate of drug-likeness (QED) is 0.891. The number of aryl methyl sites for hydroxylation is 2. The minimum Gasteiger partial charge on any atom is -0.478 e. The van der Waals surface area contributed by atoms with Crippen LogP contribution < -0.4 is 5.32 Å². The van der Waals surface area contributed by atoms with Gasteiger partial charge in [0, 0.05) is 11.4 Å². The number of carbonyl (C=O) groups is 2. The maximum atomic E-state index is 12.1. The van der Waals surface area contributed by atoms with Crippen LogP contribution in [-0.2, 0) is 19.3 Å². The molecule has 0 atom stereocenters. The molecule has 1 aliphatic carbocycles. The molecule has 0 saturated carbocycles. The maximum Gasteiger partial charge on any atom is 0.335 e. The third-order valence-corrected chi connectivity index (χ3v) is 5.08. The lowest BCUT2D eigenvalue weighted by Crippen LogP contribution is -2.24. The fourth-order valence-corrected chi connectivity index (χ4v) is 3.88. The van der Waals surface area contributed by atoms with Gasteiger partial charge in [-0.3, -0.25) is 4.79 Å². The van der Waals surface area contributed by atoms with E-state index in [1.807, 2.05) is 12.1 Å². The molecule has 114 valence electrons. The van der Waals surface area contributed by atoms with Crippen molar-refractivity contribution in [3.05, 3.63) is 56.8 Å². The molecule has 1 aromatic carbocycles. The molecule has 1 heterocycles. The second-order valence-electron chi connectivity index (χ2n) is 5.42. The van der Waals surface area contributed by atoms with E-state index in [0.29, 0.717) is 13.0 Å². The normalized spacial score (nSPS) is 12.9. The number of hydrogen-bond acceptors (Lipinski definition) is 3. The van der Waals surface area contributed by atoms with Gasteiger partial charge in [0.2, 0.25) is 0 Å². The van der Waals surface area contributed by atoms with Crippen molar-refractivity contribution in [2.45, 2.75) is 25.7 Å². The molecule has 0 saturated heterocycles. The van der Waals surface area contributed by atoms with Crippen molar-refractivity contribution < 1.29 is 14.7 Å². The summed E-state index contributed by atoms with van der Waals surface area (Å²) < 4.78 is 0. The summed E-state index contributed by atoms with van der Waals surface area (Å²) in [5.74, 6) is -0.965. The van der Waals surface area contributed by atoms with Gasteiger partial charge >= 0.3 is 5.97 Å². The van der Waals surface area contributed by atoms with Gasteiger partial charge in [0.1, 0.15) is 0 Å². The fourth-order valence-electron chi connectivity index (χ4n) is 2.71. The largest absolute Gasteiger partial charge is 0.478 e. The predicted molar refractivity (Wildman–Crippen MR) is 85.8 cm³/mol. The number of carbonyl (C=O) groups excluding carboxylic acids is 1. The van der Waals surface area contributed by atoms with Crippen LogP contribution in [0.4, 0.5) is 0 Å². The number of fused-ring (bicyclic) bond motifs is 1. The molecule has 2 N–H and O–H groups in total. The Balaban J connectivity index is 1.55. The lowest BCUT2D eigenvalue weighted by atomic mass is 10.1. The number of rotatable bonds is 5. The molecule has 1 aliphatic rings. The van der Waals surface area contributed by atoms with Crippen LogP contribution in [0.25, 0.3) is 0 Å². The van der Waals surface area contributed by atoms with Crippen LogP contribution in [0.3, 0.4) is 0 Å². The summed E-state index contributed by atoms with van der Waals surface area (Å²) in [6.07, 6.45) is 4.00. The second-order valence-corrected chi connectivity index (χ2v) is 6.56. The molecule has 5 heteroatoms. The molecule has 1 amide bonds. The van der Waals surface area contributed by atoms with Gasteiger partial charge < -0.3 is 10.4 Å². The van der Waals surface area contributed by atoms with Crippen LogP contribution in [0.2, 0.25) is 0 Å². The van der Waals surface area contributed by atoms with E-state index in [2.05, 4.69) is 5.32 Å². The number of carboxylic acid groups (broad SMARTS) is 1. The molecule has 4 nitrogen and oxygen atoms in total. The van der Waals surface area contributed by atoms with E-state index in [0.717, 1.165) is 23.3 Å². The van der Waals surface area contributed by atoms with Gasteiger partial charge in [-0.1, -0.05) is 12.1 Å². The minimum atomic E-state index is -0.931. The van der Waals surface area contributed by atoms with Crippen molar-refractivity contribution in [1.29, 1.82) is 0 Å². The number of thiophene rings is 1. The first-order chi connectivity index (χ1) is 10.6. The van der Waals surface area contributed by atoms with Crippen molar-refractivity contribution >= 4 is 23.2 Å². The van der Waals surface area contributed by atoms with Crippen LogP contribution in [-0.4, -0.2) is 23.5 Å². The second kappa shape index (κ2) is 6.32. The molecule has 0 bridgehead atoms. The molecule has 0 spiro atoms. The van der Waals surface area contributed by atoms with Crippen LogP contribution in [0, 0.1) is 0 Å². The van der Waals surface area contributed by atoms with Gasteiger partial charge in [0.05, 0.1) is 10.4 Å². The number of hydrogen-bond donors (Lipinski definition) is 2. The van der Waals surface area contributed by atoms with Crippen LogP contribution in [0.15, 0.2) is 30.3 Å². The Hall–Kier alpha value is -2.14. The summed E-state index contributed by atoms with van der Waals surface area (Å²) in [4.78, 5) is 25.2. The Labute approximate surface area is 132 Å². The van der Waals surface area contributed by atoms with Crippen molar-refractivity contribution in [3.8, 4) is 0 Å². The lowest BCUT2D eigenvalue weighted by Gasteiger charge is -2.05. The van der Waals surface area contributed by atoms with Crippen molar-refractivity contribution in [1.82, 2.24) is 5.32 Å². The molecular weight excluding hydrogens is 298 g/mol. The van der Waals surface area contributed by atoms with Gasteiger partial charge in [-0.15, -0.1) is 11.3 Å². The Morgan fingerprint density at radius 2 is 2.09 bits per heavy atom. The van der Waals surface area contributed by atoms with Crippen molar-refractivity contribution in [2.75, 3.05) is 6.54 Å². The van der Waals surface area contributed by atoms with Crippen LogP contribution in [0.5, 0.6) is 0 Å². The smallest absolute Gasteiger partial charge is 0.335 e. The van der Waals surface area contributed by atoms with Gasteiger partial charge in [-0.25, -0.2) is 4.79 Å². The highest BCUT2D eigenvalue weighted by Gasteiger charge is 2.18. The summed E-state index contributed by atoms with van der Waals surface area (Å²) in [6, 6.07) is 8.82. The summed E-state index contributed by atoms with van der Waals surface area (Å²) in [6.45, 7) is 0.504. The summed E-state index contributed by atoms with van der Waals surface area (Å²) in [5, 5.41) is 11.9. The third-order valence-electron chi connectivity index (χ3n) is 3.84. The van der Waals surface area contributed by atoms with E-state index in [1.165, 1.54) is 16.9 Å². The van der Waals surface area contributed by atoms with Gasteiger partial charge in [0.25, 0.3) is 5.91 Å². The highest BCUT2D eigenvalue weighted by atomic mass is 32.1. The first kappa shape index (κ1) is 14.8. The maximum absolute atomic E-state index is 12.1. The molecule has 0 aliphatic heterocycles. The van der Waals surface area contributed by atoms with Crippen LogP contribution >= 0.6 is 11.3 Å². The predicted octanol–water partition coefficient (Wildman–Crippen LogP) is 2.91. The number of amides is 1. The Kier molecular flexibility index (Phi) is 4.24. The number of nitrogens with one attached hydrogen (secondary N) is 1. The van der Waals surface area contributed by atoms with Crippen molar-refractivity contribution in [2.24, 2.45) is 0 Å². The highest BCUT2D eigenvalue weighted by Crippen LogP contribution is 2.30. The first-order valence-electron chi connectivity index (χ1n) is 7.35. The molecule has 2 aromatic rings. The minimum absolute atomic E-state index is 0.0335. The van der Waals surface area contributed by atoms with Gasteiger partial charge in [-0.2, -0.15) is 0 Å². The zero-order chi connectivity index (χ0) is 15.5. The average molecular weight is 315 g/mol. The Morgan fingerprint density at radius 3 is 2.86 bits per heavy atom. The number of benzene rings is 1. The van der Waals surface area contributed by atoms with E-state index < -0.39 is 5.97 Å². The first-order valence-corrected chi connectivity index (χ1v) is 8.17. The van der Waals surface area contributed by atoms with E-state index in [4.69, 9.17) is 5.11 Å². The average Bonchev–Trinajstić information content (AvgIpc) is 3.08. The van der Waals surface area contributed by atoms with Crippen LogP contribution in [0.1, 0.15) is 42.5 Å². The van der Waals surface area contributed by atoms with Crippen molar-refractivity contribution in [3.63, 3.8) is 0 Å². The summed E-state index contributed by atoms with van der Waals surface area (Å²) in [7, 11) is 0. The molecule has 3 rings (SSSR count). The molecule has 0 unspecified atom stereocenters. The Bertz CT molecular complexity index is 699. The van der Waals surface area contributed by atoms with E-state index in [-0.39, 0.29) is 11.5 Å². The summed E-state index contributed by atoms with van der Waals surface area (Å²) >= 11 is 1.59. The highest BCUT2D eigenvalue weighted by molar-refractivity contribution is 7.14. The standard InChI is InChI=1S/C17H17NO3S/c19-16(15-10-12-4-2-6-14(12)22-15)18-8-7-11-3-1-5-13(9-11)17(20)21/h1,3,5,9-10H,2,4,6-8H2,(H,18,19)(H,20,21). The van der Waals surface area contributed by atoms with E-state index in [1.54, 1.807) is 29.5 Å². The fraction of sp³-hybridized carbons (Fsp3) is 0.294. The topological polar surface area (TPSA) is 66.4 Å². The van der Waals surface area contributed by atoms with Gasteiger partial charge in [0.15, 0.2) is 0 Å². The molecule has 0 radical (unpaired) electrons. The van der Waals surface area contributed by atoms with E-state index >= 15 is 0 Å². The van der Waals surface area contributed by atoms with E-state index in [9.17, 15) is 9.59 Å². The molecule has 22 heavy (non-hydrogen) atoms. The summed E-state index contributed by atoms with van der Waals surface area (Å²) in [5.41, 5.74) is 2.51. The zero-order valence-corrected chi connectivity index (χ0v) is 12.9. The van der Waals surface area contributed by atoms with Gasteiger partial charge in [-0.05, 0) is 55.0 Å². The monoisotopic (exact) mass is 315 g/mol. The zero-order valence-electron chi connectivity index (χ0n) is 12.1. The SMILES string of the molecule is O=C(O)c1cccc(CCNC(=O)c2cc3c(s2)CCC3)c1. The lowest BCUT2D eigenvalue weighted by molar-refractivity contribution is 0.0696. The number of aromatic carboxylic acids is 1. The third kappa shape index (κ3) is 3.20. The molecule has 1 aromatic heterocycles. The number of carboxylic acids is 1.